The molecule has 1 aromatic heterocycles. The molecule has 8 heteroatoms. The van der Waals surface area contributed by atoms with Gasteiger partial charge in [-0.3, -0.25) is 4.79 Å². The van der Waals surface area contributed by atoms with E-state index in [-0.39, 0.29) is 15.3 Å². The zero-order valence-electron chi connectivity index (χ0n) is 10.2. The minimum absolute atomic E-state index is 0.215. The fourth-order valence-corrected chi connectivity index (χ4v) is 2.07. The van der Waals surface area contributed by atoms with Crippen molar-refractivity contribution in [1.82, 2.24) is 4.98 Å². The Hall–Kier alpha value is -1.60. The van der Waals surface area contributed by atoms with Crippen LogP contribution in [0.25, 0.3) is 0 Å². The summed E-state index contributed by atoms with van der Waals surface area (Å²) in [7, 11) is 0. The molecule has 1 aromatic carbocycles. The molecule has 0 aliphatic rings. The molecule has 0 unspecified atom stereocenters. The first-order valence-corrected chi connectivity index (χ1v) is 6.74. The van der Waals surface area contributed by atoms with Crippen molar-refractivity contribution >= 4 is 39.1 Å². The number of rotatable bonds is 2. The summed E-state index contributed by atoms with van der Waals surface area (Å²) in [6.45, 7) is 0. The predicted octanol–water partition coefficient (Wildman–Crippen LogP) is 4.77. The number of benzene rings is 1. The number of pyridine rings is 1. The van der Waals surface area contributed by atoms with Gasteiger partial charge in [0.2, 0.25) is 0 Å². The van der Waals surface area contributed by atoms with Crippen LogP contribution in [-0.4, -0.2) is 10.9 Å². The Labute approximate surface area is 131 Å². The summed E-state index contributed by atoms with van der Waals surface area (Å²) in [5.41, 5.74) is -1.24. The van der Waals surface area contributed by atoms with Crippen molar-refractivity contribution in [1.29, 1.82) is 0 Å². The summed E-state index contributed by atoms with van der Waals surface area (Å²) >= 11 is 8.55. The minimum atomic E-state index is -4.63. The number of hydrogen-bond acceptors (Lipinski definition) is 2. The first kappa shape index (κ1) is 15.8. The number of nitrogens with zero attached hydrogens (tertiary/aromatic N) is 1. The minimum Gasteiger partial charge on any atom is -0.321 e. The standard InChI is InChI=1S/C13H7BrClF3N2O/c14-7-1-3-9(10(5-7)13(16,17)18)12(21)20-8-2-4-11(15)19-6-8/h1-6H,(H,20,21). The lowest BCUT2D eigenvalue weighted by Crippen LogP contribution is -2.18. The molecule has 0 fully saturated rings. The number of amides is 1. The van der Waals surface area contributed by atoms with Gasteiger partial charge in [0.15, 0.2) is 0 Å². The first-order chi connectivity index (χ1) is 9.77. The Morgan fingerprint density at radius 2 is 1.95 bits per heavy atom. The SMILES string of the molecule is O=C(Nc1ccc(Cl)nc1)c1ccc(Br)cc1C(F)(F)F. The van der Waals surface area contributed by atoms with Crippen molar-refractivity contribution in [3.05, 3.63) is 57.3 Å². The average Bonchev–Trinajstić information content (AvgIpc) is 2.40. The van der Waals surface area contributed by atoms with Crippen LogP contribution in [0.5, 0.6) is 0 Å². The van der Waals surface area contributed by atoms with Gasteiger partial charge in [0, 0.05) is 4.47 Å². The third kappa shape index (κ3) is 3.95. The Morgan fingerprint density at radius 1 is 1.24 bits per heavy atom. The molecule has 1 amide bonds. The lowest BCUT2D eigenvalue weighted by atomic mass is 10.1. The number of anilines is 1. The summed E-state index contributed by atoms with van der Waals surface area (Å²) in [6.07, 6.45) is -3.37. The molecule has 0 atom stereocenters. The maximum Gasteiger partial charge on any atom is 0.417 e. The molecule has 0 saturated carbocycles. The maximum atomic E-state index is 12.9. The van der Waals surface area contributed by atoms with Crippen LogP contribution in [0.1, 0.15) is 15.9 Å². The number of carbonyl (C=O) groups is 1. The Kier molecular flexibility index (Phi) is 4.53. The molecule has 0 spiro atoms. The molecule has 21 heavy (non-hydrogen) atoms. The molecule has 0 bridgehead atoms. The lowest BCUT2D eigenvalue weighted by molar-refractivity contribution is -0.137. The van der Waals surface area contributed by atoms with Crippen molar-refractivity contribution in [2.24, 2.45) is 0 Å². The molecule has 3 nitrogen and oxygen atoms in total. The van der Waals surface area contributed by atoms with Crippen LogP contribution in [0.3, 0.4) is 0 Å². The number of aromatic nitrogens is 1. The van der Waals surface area contributed by atoms with Crippen molar-refractivity contribution in [3.8, 4) is 0 Å². The van der Waals surface area contributed by atoms with Crippen LogP contribution >= 0.6 is 27.5 Å². The van der Waals surface area contributed by atoms with E-state index in [4.69, 9.17) is 11.6 Å². The van der Waals surface area contributed by atoms with E-state index in [1.807, 2.05) is 0 Å². The molecule has 2 aromatic rings. The zero-order chi connectivity index (χ0) is 15.6. The van der Waals surface area contributed by atoms with Crippen LogP contribution in [-0.2, 0) is 6.18 Å². The third-order valence-corrected chi connectivity index (χ3v) is 3.23. The van der Waals surface area contributed by atoms with Gasteiger partial charge in [-0.1, -0.05) is 27.5 Å². The van der Waals surface area contributed by atoms with Crippen LogP contribution in [0.2, 0.25) is 5.15 Å². The Bertz CT molecular complexity index is 674. The van der Waals surface area contributed by atoms with E-state index in [0.717, 1.165) is 12.1 Å². The monoisotopic (exact) mass is 378 g/mol. The van der Waals surface area contributed by atoms with Gasteiger partial charge in [-0.25, -0.2) is 4.98 Å². The fraction of sp³-hybridized carbons (Fsp3) is 0.0769. The molecule has 0 aliphatic carbocycles. The van der Waals surface area contributed by atoms with Gasteiger partial charge in [-0.15, -0.1) is 0 Å². The number of nitrogens with one attached hydrogen (secondary N) is 1. The van der Waals surface area contributed by atoms with Gasteiger partial charge >= 0.3 is 6.18 Å². The molecular weight excluding hydrogens is 373 g/mol. The second-order valence-electron chi connectivity index (χ2n) is 4.01. The summed E-state index contributed by atoms with van der Waals surface area (Å²) in [5, 5.41) is 2.56. The van der Waals surface area contributed by atoms with Crippen molar-refractivity contribution in [2.45, 2.75) is 6.18 Å². The van der Waals surface area contributed by atoms with Gasteiger partial charge in [0.25, 0.3) is 5.91 Å². The van der Waals surface area contributed by atoms with Crippen LogP contribution in [0.15, 0.2) is 41.0 Å². The third-order valence-electron chi connectivity index (χ3n) is 2.52. The number of hydrogen-bond donors (Lipinski definition) is 1. The van der Waals surface area contributed by atoms with E-state index in [1.54, 1.807) is 0 Å². The second-order valence-corrected chi connectivity index (χ2v) is 5.31. The van der Waals surface area contributed by atoms with Crippen molar-refractivity contribution < 1.29 is 18.0 Å². The topological polar surface area (TPSA) is 42.0 Å². The molecule has 0 saturated heterocycles. The second kappa shape index (κ2) is 6.03. The summed E-state index contributed by atoms with van der Waals surface area (Å²) in [4.78, 5) is 15.7. The lowest BCUT2D eigenvalue weighted by Gasteiger charge is -2.13. The fourth-order valence-electron chi connectivity index (χ4n) is 1.60. The van der Waals surface area contributed by atoms with E-state index < -0.39 is 23.2 Å². The van der Waals surface area contributed by atoms with E-state index in [9.17, 15) is 18.0 Å². The highest BCUT2D eigenvalue weighted by molar-refractivity contribution is 9.10. The zero-order valence-corrected chi connectivity index (χ0v) is 12.6. The Balaban J connectivity index is 2.33. The van der Waals surface area contributed by atoms with Crippen LogP contribution < -0.4 is 5.32 Å². The smallest absolute Gasteiger partial charge is 0.321 e. The maximum absolute atomic E-state index is 12.9. The molecule has 1 N–H and O–H groups in total. The van der Waals surface area contributed by atoms with E-state index in [1.165, 1.54) is 24.4 Å². The van der Waals surface area contributed by atoms with Gasteiger partial charge in [0.1, 0.15) is 5.15 Å². The quantitative estimate of drug-likeness (QED) is 0.764. The number of alkyl halides is 3. The van der Waals surface area contributed by atoms with Crippen molar-refractivity contribution in [3.63, 3.8) is 0 Å². The molecule has 1 heterocycles. The molecule has 110 valence electrons. The normalized spacial score (nSPS) is 11.3. The first-order valence-electron chi connectivity index (χ1n) is 5.57. The van der Waals surface area contributed by atoms with E-state index >= 15 is 0 Å². The molecular formula is C13H7BrClF3N2O. The van der Waals surface area contributed by atoms with Gasteiger partial charge in [-0.2, -0.15) is 13.2 Å². The largest absolute Gasteiger partial charge is 0.417 e. The average molecular weight is 380 g/mol. The summed E-state index contributed by atoms with van der Waals surface area (Å²) in [6, 6.07) is 6.19. The van der Waals surface area contributed by atoms with E-state index in [0.29, 0.717) is 0 Å². The number of carbonyl (C=O) groups excluding carboxylic acids is 1. The molecule has 0 radical (unpaired) electrons. The van der Waals surface area contributed by atoms with E-state index in [2.05, 4.69) is 26.2 Å². The highest BCUT2D eigenvalue weighted by Gasteiger charge is 2.35. The summed E-state index contributed by atoms with van der Waals surface area (Å²) in [5.74, 6) is -0.876. The van der Waals surface area contributed by atoms with Crippen molar-refractivity contribution in [2.75, 3.05) is 5.32 Å². The summed E-state index contributed by atoms with van der Waals surface area (Å²) < 4.78 is 39.1. The molecule has 2 rings (SSSR count). The van der Waals surface area contributed by atoms with Crippen LogP contribution in [0.4, 0.5) is 18.9 Å². The van der Waals surface area contributed by atoms with Gasteiger partial charge in [-0.05, 0) is 30.3 Å². The predicted molar refractivity (Wildman–Crippen MR) is 76.3 cm³/mol. The highest BCUT2D eigenvalue weighted by Crippen LogP contribution is 2.34. The highest BCUT2D eigenvalue weighted by atomic mass is 79.9. The van der Waals surface area contributed by atoms with Gasteiger partial charge in [0.05, 0.1) is 23.0 Å². The Morgan fingerprint density at radius 3 is 2.52 bits per heavy atom. The van der Waals surface area contributed by atoms with Crippen LogP contribution in [0, 0.1) is 0 Å². The van der Waals surface area contributed by atoms with Gasteiger partial charge < -0.3 is 5.32 Å². The molecule has 0 aliphatic heterocycles. The number of halogens is 5.